The van der Waals surface area contributed by atoms with Crippen molar-refractivity contribution in [1.29, 1.82) is 5.26 Å². The number of amides is 6. The second kappa shape index (κ2) is 15.4. The third-order valence-corrected chi connectivity index (χ3v) is 13.9. The van der Waals surface area contributed by atoms with Crippen molar-refractivity contribution in [2.45, 2.75) is 81.3 Å². The molecule has 0 bridgehead atoms. The zero-order valence-corrected chi connectivity index (χ0v) is 36.2. The summed E-state index contributed by atoms with van der Waals surface area (Å²) in [6.45, 7) is 5.17. The van der Waals surface area contributed by atoms with Crippen molar-refractivity contribution in [1.82, 2.24) is 20.0 Å². The lowest BCUT2D eigenvalue weighted by atomic mass is 9.81. The van der Waals surface area contributed by atoms with Crippen LogP contribution in [-0.2, 0) is 31.7 Å². The Labute approximate surface area is 374 Å². The Balaban J connectivity index is 0.823. The summed E-state index contributed by atoms with van der Waals surface area (Å²) < 4.78 is 69.9. The molecule has 6 amide bonds. The number of ether oxygens (including phenoxy) is 2. The molecule has 0 aliphatic carbocycles. The van der Waals surface area contributed by atoms with Gasteiger partial charge in [0, 0.05) is 51.9 Å². The zero-order chi connectivity index (χ0) is 46.5. The maximum absolute atomic E-state index is 15.9. The number of nitrogens with zero attached hydrogens (tertiary/aromatic N) is 6. The van der Waals surface area contributed by atoms with Gasteiger partial charge in [0.1, 0.15) is 28.7 Å². The lowest BCUT2D eigenvalue weighted by Gasteiger charge is -2.54. The van der Waals surface area contributed by atoms with Gasteiger partial charge in [0.25, 0.3) is 23.6 Å². The average molecular weight is 916 g/mol. The van der Waals surface area contributed by atoms with E-state index in [9.17, 15) is 47.2 Å². The Kier molecular flexibility index (Phi) is 10.4. The van der Waals surface area contributed by atoms with Crippen molar-refractivity contribution >= 4 is 64.1 Å². The number of imide groups is 2. The summed E-state index contributed by atoms with van der Waals surface area (Å²) in [5, 5.41) is 11.2. The molecule has 1 spiro atoms. The van der Waals surface area contributed by atoms with Gasteiger partial charge in [-0.3, -0.25) is 48.8 Å². The highest BCUT2D eigenvalue weighted by Gasteiger charge is 2.53. The predicted octanol–water partition coefficient (Wildman–Crippen LogP) is 4.73. The molecule has 0 aromatic heterocycles. The first kappa shape index (κ1) is 43.9. The average Bonchev–Trinajstić information content (AvgIpc) is 3.59. The van der Waals surface area contributed by atoms with E-state index in [0.29, 0.717) is 57.1 Å². The number of thiocarbonyl (C=S) groups is 1. The molecule has 3 aromatic carbocycles. The molecule has 6 aliphatic heterocycles. The van der Waals surface area contributed by atoms with Crippen molar-refractivity contribution in [2.75, 3.05) is 49.6 Å². The smallest absolute Gasteiger partial charge is 0.417 e. The number of piperidine rings is 2. The normalized spacial score (nSPS) is 22.4. The van der Waals surface area contributed by atoms with Gasteiger partial charge in [-0.05, 0) is 112 Å². The summed E-state index contributed by atoms with van der Waals surface area (Å²) in [5.41, 5.74) is -3.66. The quantitative estimate of drug-likeness (QED) is 0.197. The molecule has 0 saturated carbocycles. The highest BCUT2D eigenvalue weighted by Crippen LogP contribution is 2.44. The molecule has 6 aliphatic rings. The number of methoxy groups -OCH3 is 1. The third-order valence-electron chi connectivity index (χ3n) is 13.5. The summed E-state index contributed by atoms with van der Waals surface area (Å²) in [7, 11) is 1.61. The Morgan fingerprint density at radius 2 is 1.63 bits per heavy atom. The Morgan fingerprint density at radius 1 is 0.954 bits per heavy atom. The number of carbonyl (C=O) groups excluding carboxylic acids is 6. The molecule has 6 heterocycles. The van der Waals surface area contributed by atoms with Gasteiger partial charge in [-0.25, -0.2) is 4.39 Å². The van der Waals surface area contributed by atoms with Crippen molar-refractivity contribution < 1.29 is 55.8 Å². The minimum atomic E-state index is -4.88. The molecule has 65 heavy (non-hydrogen) atoms. The van der Waals surface area contributed by atoms with Gasteiger partial charge in [0.05, 0.1) is 45.2 Å². The SMILES string of the molecule is COC1(CN2CC3(CCc4cc5c(cc4O3)C(=O)N(C3CCC(=O)NC3=O)C5=O)C2)CCN(C(=O)c2ccc(N3C(=S)N(c4ccc(C#N)c(C(F)(F)F)c4)C(=O)C3(C)C)cc2F)CC1. The number of nitrogens with one attached hydrogen (secondary N) is 1. The van der Waals surface area contributed by atoms with Crippen LogP contribution in [0.3, 0.4) is 0 Å². The first-order valence-corrected chi connectivity index (χ1v) is 21.3. The van der Waals surface area contributed by atoms with Crippen LogP contribution < -0.4 is 19.9 Å². The summed E-state index contributed by atoms with van der Waals surface area (Å²) in [6.07, 6.45) is -2.63. The van der Waals surface area contributed by atoms with Gasteiger partial charge < -0.3 is 19.3 Å². The molecule has 1 unspecified atom stereocenters. The minimum absolute atomic E-state index is 0.0221. The van der Waals surface area contributed by atoms with Gasteiger partial charge in [-0.1, -0.05) is 0 Å². The number of carbonyl (C=O) groups is 6. The highest BCUT2D eigenvalue weighted by atomic mass is 32.1. The molecule has 0 radical (unpaired) electrons. The van der Waals surface area contributed by atoms with Crippen LogP contribution in [-0.4, -0.2) is 118 Å². The fraction of sp³-hybridized carbons (Fsp3) is 0.422. The van der Waals surface area contributed by atoms with Crippen molar-refractivity contribution in [3.8, 4) is 11.8 Å². The standard InChI is InChI=1S/C45H41F4N7O8S/c1-42(2)40(62)54(26-5-4-25(20-50)31(17-26)45(47,48)49)41(65)56(42)27-6-7-28(32(46)18-27)37(59)53-14-12-43(63-3,13-15-53)21-52-22-44(23-52)11-10-24-16-29-30(19-34(24)64-44)39(61)55(38(29)60)33-8-9-35(57)51-36(33)58/h4-7,16-19,33H,8-15,21-23H2,1-3H3,(H,51,57,58). The third kappa shape index (κ3) is 7.20. The van der Waals surface area contributed by atoms with Gasteiger partial charge in [0.15, 0.2) is 5.11 Å². The van der Waals surface area contributed by atoms with Gasteiger partial charge in [0.2, 0.25) is 11.8 Å². The molecule has 1 atom stereocenters. The first-order valence-electron chi connectivity index (χ1n) is 20.9. The van der Waals surface area contributed by atoms with Crippen LogP contribution in [0.5, 0.6) is 5.75 Å². The van der Waals surface area contributed by atoms with Gasteiger partial charge in [-0.15, -0.1) is 0 Å². The monoisotopic (exact) mass is 915 g/mol. The number of halogens is 4. The van der Waals surface area contributed by atoms with E-state index < -0.39 is 81.3 Å². The molecule has 9 rings (SSSR count). The fourth-order valence-corrected chi connectivity index (χ4v) is 10.5. The molecule has 20 heteroatoms. The number of likely N-dealkylation sites (tertiary alicyclic amines) is 2. The van der Waals surface area contributed by atoms with Crippen LogP contribution in [0, 0.1) is 17.1 Å². The molecule has 15 nitrogen and oxygen atoms in total. The van der Waals surface area contributed by atoms with E-state index in [1.54, 1.807) is 24.1 Å². The number of fused-ring (bicyclic) bond motifs is 2. The largest absolute Gasteiger partial charge is 0.484 e. The number of hydrogen-bond donors (Lipinski definition) is 1. The molecular weight excluding hydrogens is 875 g/mol. The van der Waals surface area contributed by atoms with E-state index in [-0.39, 0.29) is 59.1 Å². The van der Waals surface area contributed by atoms with Crippen molar-refractivity contribution in [2.24, 2.45) is 0 Å². The van der Waals surface area contributed by atoms with Crippen LogP contribution in [0.15, 0.2) is 48.5 Å². The predicted molar refractivity (Wildman–Crippen MR) is 225 cm³/mol. The van der Waals surface area contributed by atoms with E-state index >= 15 is 4.39 Å². The molecule has 3 aromatic rings. The summed E-state index contributed by atoms with van der Waals surface area (Å²) in [5.74, 6) is -3.92. The second-order valence-corrected chi connectivity index (χ2v) is 18.2. The first-order chi connectivity index (χ1) is 30.7. The van der Waals surface area contributed by atoms with Crippen LogP contribution in [0.25, 0.3) is 0 Å². The Bertz CT molecular complexity index is 2690. The van der Waals surface area contributed by atoms with Crippen molar-refractivity contribution in [3.05, 3.63) is 87.7 Å². The van der Waals surface area contributed by atoms with Gasteiger partial charge in [-0.2, -0.15) is 18.4 Å². The molecule has 338 valence electrons. The summed E-state index contributed by atoms with van der Waals surface area (Å²) in [4.78, 5) is 85.3. The van der Waals surface area contributed by atoms with Gasteiger partial charge >= 0.3 is 6.18 Å². The number of rotatable bonds is 7. The maximum Gasteiger partial charge on any atom is 0.417 e. The van der Waals surface area contributed by atoms with Crippen LogP contribution in [0.4, 0.5) is 28.9 Å². The number of nitriles is 1. The number of anilines is 2. The van der Waals surface area contributed by atoms with Crippen LogP contribution >= 0.6 is 12.2 Å². The zero-order valence-electron chi connectivity index (χ0n) is 35.3. The molecule has 1 N–H and O–H groups in total. The Hall–Kier alpha value is -6.30. The fourth-order valence-electron chi connectivity index (χ4n) is 9.98. The summed E-state index contributed by atoms with van der Waals surface area (Å²) >= 11 is 5.58. The number of aryl methyl sites for hydroxylation is 1. The topological polar surface area (TPSA) is 173 Å². The van der Waals surface area contributed by atoms with Crippen LogP contribution in [0.1, 0.15) is 93.7 Å². The van der Waals surface area contributed by atoms with Crippen molar-refractivity contribution in [3.63, 3.8) is 0 Å². The lowest BCUT2D eigenvalue weighted by Crippen LogP contribution is -2.69. The van der Waals surface area contributed by atoms with E-state index in [4.69, 9.17) is 21.7 Å². The maximum atomic E-state index is 15.9. The molecule has 4 saturated heterocycles. The number of alkyl halides is 3. The number of benzene rings is 3. The van der Waals surface area contributed by atoms with E-state index in [1.165, 1.54) is 43.0 Å². The second-order valence-electron chi connectivity index (χ2n) is 17.9. The van der Waals surface area contributed by atoms with E-state index in [1.807, 2.05) is 0 Å². The molecular formula is C45H41F4N7O8S. The summed E-state index contributed by atoms with van der Waals surface area (Å²) in [6, 6.07) is 10.3. The van der Waals surface area contributed by atoms with Crippen LogP contribution in [0.2, 0.25) is 0 Å². The van der Waals surface area contributed by atoms with E-state index in [0.717, 1.165) is 27.5 Å². The molecule has 4 fully saturated rings. The lowest BCUT2D eigenvalue weighted by molar-refractivity contribution is -0.138. The van der Waals surface area contributed by atoms with E-state index in [2.05, 4.69) is 10.2 Å². The number of hydrogen-bond acceptors (Lipinski definition) is 11. The minimum Gasteiger partial charge on any atom is -0.484 e. The Morgan fingerprint density at radius 3 is 2.26 bits per heavy atom. The highest BCUT2D eigenvalue weighted by molar-refractivity contribution is 7.81.